The van der Waals surface area contributed by atoms with Crippen molar-refractivity contribution in [1.29, 1.82) is 0 Å². The van der Waals surface area contributed by atoms with E-state index >= 15 is 0 Å². The molecule has 1 aliphatic rings. The van der Waals surface area contributed by atoms with Crippen LogP contribution in [-0.2, 0) is 0 Å². The van der Waals surface area contributed by atoms with E-state index in [1.807, 2.05) is 11.8 Å². The van der Waals surface area contributed by atoms with Gasteiger partial charge in [-0.15, -0.1) is 0 Å². The molecule has 0 aromatic heterocycles. The summed E-state index contributed by atoms with van der Waals surface area (Å²) >= 11 is 1.89. The van der Waals surface area contributed by atoms with Crippen LogP contribution in [0.25, 0.3) is 0 Å². The molecule has 0 amide bonds. The lowest BCUT2D eigenvalue weighted by Crippen LogP contribution is -2.43. The van der Waals surface area contributed by atoms with E-state index in [0.717, 1.165) is 36.6 Å². The first-order valence-electron chi connectivity index (χ1n) is 6.54. The minimum absolute atomic E-state index is 0.204. The molecule has 1 rings (SSSR count). The van der Waals surface area contributed by atoms with E-state index in [-0.39, 0.29) is 11.1 Å². The molecule has 0 aliphatic carbocycles. The van der Waals surface area contributed by atoms with Gasteiger partial charge in [0.2, 0.25) is 0 Å². The fraction of sp³-hybridized carbons (Fsp3) is 0.923. The summed E-state index contributed by atoms with van der Waals surface area (Å²) in [5.74, 6) is 1.14. The molecule has 94 valence electrons. The van der Waals surface area contributed by atoms with Gasteiger partial charge in [-0.3, -0.25) is 4.99 Å². The van der Waals surface area contributed by atoms with Gasteiger partial charge >= 0.3 is 0 Å². The number of amidine groups is 1. The Morgan fingerprint density at radius 2 is 1.81 bits per heavy atom. The van der Waals surface area contributed by atoms with Gasteiger partial charge in [-0.2, -0.15) is 0 Å². The fourth-order valence-electron chi connectivity index (χ4n) is 1.84. The van der Waals surface area contributed by atoms with E-state index in [9.17, 15) is 0 Å². The molecule has 2 nitrogen and oxygen atoms in total. The van der Waals surface area contributed by atoms with E-state index in [1.165, 1.54) is 0 Å². The number of hydrogen-bond donors (Lipinski definition) is 1. The van der Waals surface area contributed by atoms with Crippen LogP contribution < -0.4 is 5.32 Å². The zero-order valence-corrected chi connectivity index (χ0v) is 12.2. The average molecular weight is 242 g/mol. The summed E-state index contributed by atoms with van der Waals surface area (Å²) in [6.45, 7) is 11.3. The molecular weight excluding hydrogens is 216 g/mol. The molecule has 1 N–H and O–H groups in total. The van der Waals surface area contributed by atoms with Crippen molar-refractivity contribution in [3.8, 4) is 0 Å². The highest BCUT2D eigenvalue weighted by molar-refractivity contribution is 8.14. The third kappa shape index (κ3) is 2.93. The van der Waals surface area contributed by atoms with Crippen molar-refractivity contribution in [2.75, 3.05) is 5.75 Å². The fourth-order valence-corrected chi connectivity index (χ4v) is 3.30. The van der Waals surface area contributed by atoms with Gasteiger partial charge in [0.25, 0.3) is 0 Å². The van der Waals surface area contributed by atoms with E-state index < -0.39 is 0 Å². The lowest BCUT2D eigenvalue weighted by molar-refractivity contribution is 0.388. The van der Waals surface area contributed by atoms with Crippen LogP contribution in [0.4, 0.5) is 0 Å². The van der Waals surface area contributed by atoms with E-state index in [2.05, 4.69) is 39.9 Å². The smallest absolute Gasteiger partial charge is 0.157 e. The summed E-state index contributed by atoms with van der Waals surface area (Å²) < 4.78 is 0. The monoisotopic (exact) mass is 242 g/mol. The Morgan fingerprint density at radius 3 is 2.19 bits per heavy atom. The Morgan fingerprint density at radius 1 is 1.25 bits per heavy atom. The van der Waals surface area contributed by atoms with Crippen LogP contribution in [0.3, 0.4) is 0 Å². The Hall–Kier alpha value is -0.180. The topological polar surface area (TPSA) is 24.4 Å². The number of aliphatic imine (C=N–C) groups is 1. The van der Waals surface area contributed by atoms with E-state index in [4.69, 9.17) is 4.99 Å². The van der Waals surface area contributed by atoms with Crippen molar-refractivity contribution in [2.24, 2.45) is 4.99 Å². The predicted octanol–water partition coefficient (Wildman–Crippen LogP) is 3.82. The molecule has 0 saturated heterocycles. The van der Waals surface area contributed by atoms with Crippen molar-refractivity contribution < 1.29 is 0 Å². The standard InChI is InChI=1S/C13H26N2S/c1-6-12(5,7-2)14-11-15-13(8-3,9-4)10-16-11/h6-10H2,1-5H3,(H,14,15). The third-order valence-corrected chi connectivity index (χ3v) is 5.25. The van der Waals surface area contributed by atoms with Gasteiger partial charge in [-0.25, -0.2) is 0 Å². The summed E-state index contributed by atoms with van der Waals surface area (Å²) in [5, 5.41) is 4.79. The van der Waals surface area contributed by atoms with Crippen LogP contribution in [-0.4, -0.2) is 22.0 Å². The van der Waals surface area contributed by atoms with Crippen molar-refractivity contribution >= 4 is 16.9 Å². The Balaban J connectivity index is 2.70. The first kappa shape index (κ1) is 13.9. The van der Waals surface area contributed by atoms with E-state index in [1.54, 1.807) is 0 Å². The highest BCUT2D eigenvalue weighted by Crippen LogP contribution is 2.33. The molecule has 0 spiro atoms. The molecule has 0 aromatic rings. The van der Waals surface area contributed by atoms with Crippen molar-refractivity contribution in [3.63, 3.8) is 0 Å². The molecule has 0 saturated carbocycles. The average Bonchev–Trinajstić information content (AvgIpc) is 2.73. The summed E-state index contributed by atoms with van der Waals surface area (Å²) in [4.78, 5) is 4.91. The van der Waals surface area contributed by atoms with E-state index in [0.29, 0.717) is 0 Å². The molecule has 0 fully saturated rings. The number of rotatable bonds is 5. The normalized spacial score (nSPS) is 19.7. The molecule has 1 heterocycles. The number of nitrogens with one attached hydrogen (secondary N) is 1. The van der Waals surface area contributed by atoms with Crippen LogP contribution in [0.5, 0.6) is 0 Å². The quantitative estimate of drug-likeness (QED) is 0.792. The first-order valence-corrected chi connectivity index (χ1v) is 7.52. The van der Waals surface area contributed by atoms with Crippen LogP contribution in [0, 0.1) is 0 Å². The summed E-state index contributed by atoms with van der Waals surface area (Å²) in [5.41, 5.74) is 0.415. The Labute approximate surface area is 105 Å². The Kier molecular flexibility index (Phi) is 4.72. The molecule has 3 heteroatoms. The number of hydrogen-bond acceptors (Lipinski definition) is 3. The van der Waals surface area contributed by atoms with Crippen molar-refractivity contribution in [1.82, 2.24) is 5.32 Å². The van der Waals surface area contributed by atoms with Gasteiger partial charge in [-0.1, -0.05) is 39.5 Å². The van der Waals surface area contributed by atoms with Gasteiger partial charge in [0.15, 0.2) is 5.17 Å². The van der Waals surface area contributed by atoms with Crippen molar-refractivity contribution in [2.45, 2.75) is 71.4 Å². The molecular formula is C13H26N2S. The number of nitrogens with zero attached hydrogens (tertiary/aromatic N) is 1. The molecule has 0 bridgehead atoms. The second-order valence-corrected chi connectivity index (χ2v) is 5.99. The maximum atomic E-state index is 4.91. The SMILES string of the molecule is CCC1(CC)CSC(NC(C)(CC)CC)=N1. The molecule has 0 unspecified atom stereocenters. The largest absolute Gasteiger partial charge is 0.360 e. The minimum Gasteiger partial charge on any atom is -0.360 e. The lowest BCUT2D eigenvalue weighted by Gasteiger charge is -2.29. The van der Waals surface area contributed by atoms with Crippen LogP contribution in [0.15, 0.2) is 4.99 Å². The predicted molar refractivity (Wildman–Crippen MR) is 75.3 cm³/mol. The van der Waals surface area contributed by atoms with Gasteiger partial charge in [0, 0.05) is 11.3 Å². The lowest BCUT2D eigenvalue weighted by atomic mass is 9.95. The summed E-state index contributed by atoms with van der Waals surface area (Å²) in [6, 6.07) is 0. The van der Waals surface area contributed by atoms with Gasteiger partial charge in [0.05, 0.1) is 5.54 Å². The zero-order chi connectivity index (χ0) is 12.2. The van der Waals surface area contributed by atoms with Crippen LogP contribution in [0.2, 0.25) is 0 Å². The van der Waals surface area contributed by atoms with Crippen LogP contribution in [0.1, 0.15) is 60.3 Å². The molecule has 1 aliphatic heterocycles. The summed E-state index contributed by atoms with van der Waals surface area (Å²) in [6.07, 6.45) is 4.59. The summed E-state index contributed by atoms with van der Waals surface area (Å²) in [7, 11) is 0. The van der Waals surface area contributed by atoms with Gasteiger partial charge in [0.1, 0.15) is 0 Å². The second-order valence-electron chi connectivity index (χ2n) is 5.03. The third-order valence-electron chi connectivity index (χ3n) is 4.10. The molecule has 16 heavy (non-hydrogen) atoms. The highest BCUT2D eigenvalue weighted by atomic mass is 32.2. The minimum atomic E-state index is 0.204. The van der Waals surface area contributed by atoms with Gasteiger partial charge in [-0.05, 0) is 32.6 Å². The zero-order valence-electron chi connectivity index (χ0n) is 11.4. The maximum Gasteiger partial charge on any atom is 0.157 e. The van der Waals surface area contributed by atoms with Crippen molar-refractivity contribution in [3.05, 3.63) is 0 Å². The molecule has 0 aromatic carbocycles. The first-order chi connectivity index (χ1) is 7.53. The number of thioether (sulfide) groups is 1. The molecule has 0 radical (unpaired) electrons. The molecule has 0 atom stereocenters. The van der Waals surface area contributed by atoms with Gasteiger partial charge < -0.3 is 5.32 Å². The second kappa shape index (κ2) is 5.44. The Bertz CT molecular complexity index is 253. The highest BCUT2D eigenvalue weighted by Gasteiger charge is 2.34. The maximum absolute atomic E-state index is 4.91. The van der Waals surface area contributed by atoms with Crippen LogP contribution >= 0.6 is 11.8 Å².